The molecule has 11 heavy (non-hydrogen) atoms. The van der Waals surface area contributed by atoms with Gasteiger partial charge in [0.15, 0.2) is 0 Å². The number of aromatic nitrogens is 2. The van der Waals surface area contributed by atoms with Crippen LogP contribution >= 0.6 is 0 Å². The summed E-state index contributed by atoms with van der Waals surface area (Å²) in [5, 5.41) is 15.0. The third kappa shape index (κ3) is 1.53. The maximum absolute atomic E-state index is 10.4. The summed E-state index contributed by atoms with van der Waals surface area (Å²) in [6.07, 6.45) is 0.820. The van der Waals surface area contributed by atoms with E-state index in [1.807, 2.05) is 6.39 Å². The fourth-order valence-corrected chi connectivity index (χ4v) is 0.571. The summed E-state index contributed by atoms with van der Waals surface area (Å²) in [4.78, 5) is 10.4. The predicted molar refractivity (Wildman–Crippen MR) is 30.5 cm³/mol. The topological polar surface area (TPSA) is 85.5 Å². The SMILES string of the molecule is COC(C(=O)O)c1nn[c]o1. The second kappa shape index (κ2) is 3.11. The molecule has 0 aliphatic rings. The molecule has 1 aromatic rings. The minimum atomic E-state index is -1.20. The van der Waals surface area contributed by atoms with Crippen LogP contribution in [0, 0.1) is 6.39 Å². The summed E-state index contributed by atoms with van der Waals surface area (Å²) in [6, 6.07) is 0. The molecule has 0 aliphatic heterocycles. The first-order valence-electron chi connectivity index (χ1n) is 2.70. The molecule has 1 heterocycles. The van der Waals surface area contributed by atoms with E-state index in [1.54, 1.807) is 0 Å². The van der Waals surface area contributed by atoms with E-state index in [2.05, 4.69) is 19.4 Å². The number of methoxy groups -OCH3 is 1. The molecule has 6 heteroatoms. The highest BCUT2D eigenvalue weighted by atomic mass is 16.5. The summed E-state index contributed by atoms with van der Waals surface area (Å²) >= 11 is 0. The number of carboxylic acids is 1. The Morgan fingerprint density at radius 3 is 3.00 bits per heavy atom. The highest BCUT2D eigenvalue weighted by Gasteiger charge is 2.24. The number of carbonyl (C=O) groups is 1. The lowest BCUT2D eigenvalue weighted by molar-refractivity contribution is -0.150. The molecule has 0 fully saturated rings. The van der Waals surface area contributed by atoms with Crippen LogP contribution in [-0.4, -0.2) is 28.4 Å². The average molecular weight is 157 g/mol. The van der Waals surface area contributed by atoms with Crippen LogP contribution in [0.25, 0.3) is 0 Å². The summed E-state index contributed by atoms with van der Waals surface area (Å²) < 4.78 is 9.04. The largest absolute Gasteiger partial charge is 0.479 e. The van der Waals surface area contributed by atoms with Gasteiger partial charge in [0.05, 0.1) is 0 Å². The molecule has 1 aromatic heterocycles. The lowest BCUT2D eigenvalue weighted by Gasteiger charge is -2.02. The first kappa shape index (κ1) is 7.67. The van der Waals surface area contributed by atoms with E-state index < -0.39 is 12.1 Å². The minimum absolute atomic E-state index is 0.111. The van der Waals surface area contributed by atoms with Crippen molar-refractivity contribution in [3.05, 3.63) is 12.3 Å². The summed E-state index contributed by atoms with van der Waals surface area (Å²) in [5.74, 6) is -1.29. The molecule has 0 aromatic carbocycles. The molecule has 1 radical (unpaired) electrons. The number of nitrogens with zero attached hydrogens (tertiary/aromatic N) is 2. The molecule has 6 nitrogen and oxygen atoms in total. The highest BCUT2D eigenvalue weighted by molar-refractivity contribution is 5.72. The highest BCUT2D eigenvalue weighted by Crippen LogP contribution is 2.12. The zero-order chi connectivity index (χ0) is 8.27. The lowest BCUT2D eigenvalue weighted by atomic mass is 10.4. The molecule has 0 spiro atoms. The van der Waals surface area contributed by atoms with Gasteiger partial charge in [-0.15, -0.1) is 10.2 Å². The summed E-state index contributed by atoms with van der Waals surface area (Å²) in [5.41, 5.74) is 0. The van der Waals surface area contributed by atoms with E-state index in [0.717, 1.165) is 0 Å². The maximum Gasteiger partial charge on any atom is 0.342 e. The van der Waals surface area contributed by atoms with Crippen molar-refractivity contribution < 1.29 is 19.1 Å². The van der Waals surface area contributed by atoms with Crippen LogP contribution in [0.15, 0.2) is 4.42 Å². The Bertz CT molecular complexity index is 233. The smallest absolute Gasteiger partial charge is 0.342 e. The van der Waals surface area contributed by atoms with Gasteiger partial charge >= 0.3 is 12.4 Å². The maximum atomic E-state index is 10.4. The van der Waals surface area contributed by atoms with E-state index in [1.165, 1.54) is 7.11 Å². The zero-order valence-electron chi connectivity index (χ0n) is 5.64. The number of ether oxygens (including phenoxy) is 1. The number of hydrogen-bond acceptors (Lipinski definition) is 5. The zero-order valence-corrected chi connectivity index (χ0v) is 5.64. The molecule has 1 rings (SSSR count). The normalized spacial score (nSPS) is 12.8. The van der Waals surface area contributed by atoms with Gasteiger partial charge in [0.1, 0.15) is 0 Å². The number of aliphatic carboxylic acids is 1. The van der Waals surface area contributed by atoms with Gasteiger partial charge in [-0.1, -0.05) is 0 Å². The van der Waals surface area contributed by atoms with Gasteiger partial charge in [-0.3, -0.25) is 0 Å². The molecule has 0 bridgehead atoms. The molecule has 1 atom stereocenters. The van der Waals surface area contributed by atoms with Gasteiger partial charge in [-0.05, 0) is 0 Å². The lowest BCUT2D eigenvalue weighted by Crippen LogP contribution is -2.13. The van der Waals surface area contributed by atoms with Crippen LogP contribution in [0.2, 0.25) is 0 Å². The van der Waals surface area contributed by atoms with Gasteiger partial charge in [0.25, 0.3) is 5.89 Å². The van der Waals surface area contributed by atoms with Crippen LogP contribution in [0.4, 0.5) is 0 Å². The van der Waals surface area contributed by atoms with Crippen molar-refractivity contribution in [1.82, 2.24) is 10.2 Å². The van der Waals surface area contributed by atoms with Crippen molar-refractivity contribution in [2.24, 2.45) is 0 Å². The van der Waals surface area contributed by atoms with Crippen LogP contribution in [0.5, 0.6) is 0 Å². The average Bonchev–Trinajstić information content (AvgIpc) is 2.40. The first-order chi connectivity index (χ1) is 5.25. The number of hydrogen-bond donors (Lipinski definition) is 1. The summed E-state index contributed by atoms with van der Waals surface area (Å²) in [7, 11) is 1.24. The van der Waals surface area contributed by atoms with Crippen molar-refractivity contribution in [2.45, 2.75) is 6.10 Å². The monoisotopic (exact) mass is 157 g/mol. The van der Waals surface area contributed by atoms with Crippen molar-refractivity contribution in [3.63, 3.8) is 0 Å². The van der Waals surface area contributed by atoms with E-state index in [-0.39, 0.29) is 5.89 Å². The fraction of sp³-hybridized carbons (Fsp3) is 0.400. The second-order valence-electron chi connectivity index (χ2n) is 1.69. The Morgan fingerprint density at radius 2 is 2.64 bits per heavy atom. The molecular weight excluding hydrogens is 152 g/mol. The van der Waals surface area contributed by atoms with Crippen molar-refractivity contribution >= 4 is 5.97 Å². The van der Waals surface area contributed by atoms with Crippen LogP contribution < -0.4 is 0 Å². The number of rotatable bonds is 3. The molecule has 0 amide bonds. The van der Waals surface area contributed by atoms with Crippen LogP contribution in [-0.2, 0) is 9.53 Å². The molecule has 59 valence electrons. The Morgan fingerprint density at radius 1 is 1.91 bits per heavy atom. The quantitative estimate of drug-likeness (QED) is 0.644. The molecule has 1 unspecified atom stereocenters. The minimum Gasteiger partial charge on any atom is -0.479 e. The Labute approximate surface area is 61.8 Å². The second-order valence-corrected chi connectivity index (χ2v) is 1.69. The third-order valence-electron chi connectivity index (χ3n) is 1.02. The Hall–Kier alpha value is -1.43. The van der Waals surface area contributed by atoms with Gasteiger partial charge in [0, 0.05) is 7.11 Å². The van der Waals surface area contributed by atoms with E-state index >= 15 is 0 Å². The van der Waals surface area contributed by atoms with Crippen LogP contribution in [0.1, 0.15) is 12.0 Å². The first-order valence-corrected chi connectivity index (χ1v) is 2.70. The third-order valence-corrected chi connectivity index (χ3v) is 1.02. The number of carboxylic acid groups (broad SMARTS) is 1. The van der Waals surface area contributed by atoms with E-state index in [9.17, 15) is 4.79 Å². The predicted octanol–water partition coefficient (Wildman–Crippen LogP) is -0.358. The van der Waals surface area contributed by atoms with Gasteiger partial charge in [-0.25, -0.2) is 4.79 Å². The molecule has 0 aliphatic carbocycles. The van der Waals surface area contributed by atoms with Gasteiger partial charge in [0.2, 0.25) is 6.10 Å². The fourth-order valence-electron chi connectivity index (χ4n) is 0.571. The van der Waals surface area contributed by atoms with Crippen LogP contribution in [0.3, 0.4) is 0 Å². The Balaban J connectivity index is 2.79. The van der Waals surface area contributed by atoms with Crippen molar-refractivity contribution in [3.8, 4) is 0 Å². The van der Waals surface area contributed by atoms with Crippen molar-refractivity contribution in [2.75, 3.05) is 7.11 Å². The standard InChI is InChI=1S/C5H5N2O4/c1-10-3(5(8)9)4-7-6-2-11-4/h3H,1H3,(H,8,9). The molecular formula is C5H5N2O4. The van der Waals surface area contributed by atoms with E-state index in [4.69, 9.17) is 5.11 Å². The van der Waals surface area contributed by atoms with Gasteiger partial charge < -0.3 is 14.3 Å². The summed E-state index contributed by atoms with van der Waals surface area (Å²) in [6.45, 7) is 0. The van der Waals surface area contributed by atoms with E-state index in [0.29, 0.717) is 0 Å². The molecule has 0 saturated heterocycles. The van der Waals surface area contributed by atoms with Crippen molar-refractivity contribution in [1.29, 1.82) is 0 Å². The Kier molecular flexibility index (Phi) is 2.17. The molecule has 0 saturated carbocycles. The molecule has 1 N–H and O–H groups in total. The van der Waals surface area contributed by atoms with Gasteiger partial charge in [-0.2, -0.15) is 0 Å².